The molecule has 0 aliphatic carbocycles. The van der Waals surface area contributed by atoms with Crippen LogP contribution < -0.4 is 10.6 Å². The standard InChI is InChI=1S/C15H20N4S/c1-3-16-15(18-10-13-6-4-5-8-17-13)19-11-14-12(2)7-9-20-14/h4-9H,3,10-11H2,1-2H3,(H2,16,18,19). The zero-order valence-corrected chi connectivity index (χ0v) is 12.7. The molecule has 0 amide bonds. The Kier molecular flexibility index (Phi) is 5.55. The van der Waals surface area contributed by atoms with E-state index >= 15 is 0 Å². The number of hydrogen-bond acceptors (Lipinski definition) is 3. The Labute approximate surface area is 124 Å². The Hall–Kier alpha value is -1.88. The first-order valence-electron chi connectivity index (χ1n) is 6.74. The maximum absolute atomic E-state index is 4.55. The van der Waals surface area contributed by atoms with Crippen molar-refractivity contribution >= 4 is 17.3 Å². The summed E-state index contributed by atoms with van der Waals surface area (Å²) in [6.45, 7) is 6.43. The molecule has 2 aromatic heterocycles. The second-order valence-corrected chi connectivity index (χ2v) is 5.40. The van der Waals surface area contributed by atoms with Gasteiger partial charge in [-0.05, 0) is 43.0 Å². The van der Waals surface area contributed by atoms with Gasteiger partial charge in [-0.3, -0.25) is 4.98 Å². The van der Waals surface area contributed by atoms with Crippen molar-refractivity contribution in [2.75, 3.05) is 6.54 Å². The Morgan fingerprint density at radius 2 is 2.20 bits per heavy atom. The zero-order chi connectivity index (χ0) is 14.2. The van der Waals surface area contributed by atoms with Crippen molar-refractivity contribution in [1.82, 2.24) is 15.6 Å². The summed E-state index contributed by atoms with van der Waals surface area (Å²) in [5, 5.41) is 8.72. The van der Waals surface area contributed by atoms with Gasteiger partial charge >= 0.3 is 0 Å². The number of nitrogens with one attached hydrogen (secondary N) is 2. The highest BCUT2D eigenvalue weighted by Gasteiger charge is 2.02. The van der Waals surface area contributed by atoms with Crippen LogP contribution >= 0.6 is 11.3 Å². The molecule has 20 heavy (non-hydrogen) atoms. The van der Waals surface area contributed by atoms with Crippen LogP contribution in [-0.2, 0) is 13.1 Å². The SMILES string of the molecule is CCNC(=NCc1ccccn1)NCc1sccc1C. The molecule has 0 aliphatic heterocycles. The van der Waals surface area contributed by atoms with E-state index in [1.807, 2.05) is 18.2 Å². The highest BCUT2D eigenvalue weighted by atomic mass is 32.1. The second-order valence-electron chi connectivity index (χ2n) is 4.40. The lowest BCUT2D eigenvalue weighted by molar-refractivity contribution is 0.816. The molecular formula is C15H20N4S. The van der Waals surface area contributed by atoms with Crippen molar-refractivity contribution in [3.8, 4) is 0 Å². The van der Waals surface area contributed by atoms with Crippen LogP contribution in [0, 0.1) is 6.92 Å². The van der Waals surface area contributed by atoms with Crippen LogP contribution in [0.15, 0.2) is 40.8 Å². The number of nitrogens with zero attached hydrogens (tertiary/aromatic N) is 2. The fourth-order valence-electron chi connectivity index (χ4n) is 1.74. The van der Waals surface area contributed by atoms with E-state index in [0.29, 0.717) is 6.54 Å². The van der Waals surface area contributed by atoms with Gasteiger partial charge in [0.1, 0.15) is 0 Å². The fourth-order valence-corrected chi connectivity index (χ4v) is 2.59. The van der Waals surface area contributed by atoms with Gasteiger partial charge in [0.15, 0.2) is 5.96 Å². The lowest BCUT2D eigenvalue weighted by atomic mass is 10.3. The molecule has 2 aromatic rings. The smallest absolute Gasteiger partial charge is 0.191 e. The predicted molar refractivity (Wildman–Crippen MR) is 84.9 cm³/mol. The highest BCUT2D eigenvalue weighted by molar-refractivity contribution is 7.10. The summed E-state index contributed by atoms with van der Waals surface area (Å²) >= 11 is 1.77. The number of pyridine rings is 1. The molecule has 0 saturated carbocycles. The molecule has 0 unspecified atom stereocenters. The number of rotatable bonds is 5. The highest BCUT2D eigenvalue weighted by Crippen LogP contribution is 2.14. The third kappa shape index (κ3) is 4.35. The maximum Gasteiger partial charge on any atom is 0.191 e. The summed E-state index contributed by atoms with van der Waals surface area (Å²) in [5.41, 5.74) is 2.29. The Bertz CT molecular complexity index is 548. The quantitative estimate of drug-likeness (QED) is 0.657. The zero-order valence-electron chi connectivity index (χ0n) is 11.9. The van der Waals surface area contributed by atoms with Gasteiger partial charge in [-0.25, -0.2) is 4.99 Å². The fraction of sp³-hybridized carbons (Fsp3) is 0.333. The van der Waals surface area contributed by atoms with E-state index in [1.54, 1.807) is 17.5 Å². The molecule has 2 rings (SSSR count). The van der Waals surface area contributed by atoms with Gasteiger partial charge in [0, 0.05) is 17.6 Å². The predicted octanol–water partition coefficient (Wildman–Crippen LogP) is 2.71. The molecule has 2 N–H and O–H groups in total. The van der Waals surface area contributed by atoms with Crippen LogP contribution in [0.1, 0.15) is 23.1 Å². The van der Waals surface area contributed by atoms with Crippen molar-refractivity contribution < 1.29 is 0 Å². The minimum atomic E-state index is 0.583. The molecule has 0 radical (unpaired) electrons. The minimum Gasteiger partial charge on any atom is -0.357 e. The normalized spacial score (nSPS) is 11.4. The largest absolute Gasteiger partial charge is 0.357 e. The summed E-state index contributed by atoms with van der Waals surface area (Å²) < 4.78 is 0. The van der Waals surface area contributed by atoms with E-state index in [4.69, 9.17) is 0 Å². The Morgan fingerprint density at radius 1 is 1.30 bits per heavy atom. The van der Waals surface area contributed by atoms with Crippen molar-refractivity contribution in [2.45, 2.75) is 26.9 Å². The molecule has 106 valence electrons. The van der Waals surface area contributed by atoms with Crippen molar-refractivity contribution in [3.05, 3.63) is 52.0 Å². The Morgan fingerprint density at radius 3 is 2.85 bits per heavy atom. The van der Waals surface area contributed by atoms with Crippen LogP contribution in [-0.4, -0.2) is 17.5 Å². The van der Waals surface area contributed by atoms with E-state index in [9.17, 15) is 0 Å². The Balaban J connectivity index is 1.94. The van der Waals surface area contributed by atoms with Gasteiger partial charge in [-0.2, -0.15) is 0 Å². The molecule has 0 atom stereocenters. The number of aryl methyl sites for hydroxylation is 1. The molecule has 0 aromatic carbocycles. The number of aliphatic imine (C=N–C) groups is 1. The maximum atomic E-state index is 4.55. The molecule has 5 heteroatoms. The third-order valence-corrected chi connectivity index (χ3v) is 3.88. The average molecular weight is 288 g/mol. The molecule has 0 saturated heterocycles. The van der Waals surface area contributed by atoms with Crippen LogP contribution in [0.4, 0.5) is 0 Å². The lowest BCUT2D eigenvalue weighted by Crippen LogP contribution is -2.36. The second kappa shape index (κ2) is 7.65. The third-order valence-electron chi connectivity index (χ3n) is 2.85. The lowest BCUT2D eigenvalue weighted by Gasteiger charge is -2.10. The molecule has 4 nitrogen and oxygen atoms in total. The van der Waals surface area contributed by atoms with Crippen molar-refractivity contribution in [2.24, 2.45) is 4.99 Å². The number of thiophene rings is 1. The van der Waals surface area contributed by atoms with Gasteiger partial charge in [-0.1, -0.05) is 6.07 Å². The number of aromatic nitrogens is 1. The number of hydrogen-bond donors (Lipinski definition) is 2. The summed E-state index contributed by atoms with van der Waals surface area (Å²) in [6, 6.07) is 8.01. The molecular weight excluding hydrogens is 268 g/mol. The van der Waals surface area contributed by atoms with Gasteiger partial charge in [0.25, 0.3) is 0 Å². The van der Waals surface area contributed by atoms with Crippen LogP contribution in [0.5, 0.6) is 0 Å². The molecule has 2 heterocycles. The number of guanidine groups is 1. The first kappa shape index (κ1) is 14.5. The van der Waals surface area contributed by atoms with E-state index < -0.39 is 0 Å². The summed E-state index contributed by atoms with van der Waals surface area (Å²) in [6.07, 6.45) is 1.79. The summed E-state index contributed by atoms with van der Waals surface area (Å²) in [7, 11) is 0. The van der Waals surface area contributed by atoms with Crippen LogP contribution in [0.2, 0.25) is 0 Å². The molecule has 0 bridgehead atoms. The van der Waals surface area contributed by atoms with Gasteiger partial charge in [0.05, 0.1) is 18.8 Å². The van der Waals surface area contributed by atoms with Crippen molar-refractivity contribution in [1.29, 1.82) is 0 Å². The minimum absolute atomic E-state index is 0.583. The van der Waals surface area contributed by atoms with E-state index in [1.165, 1.54) is 10.4 Å². The van der Waals surface area contributed by atoms with E-state index in [0.717, 1.165) is 24.7 Å². The molecule has 0 aliphatic rings. The first-order chi connectivity index (χ1) is 9.79. The van der Waals surface area contributed by atoms with Crippen LogP contribution in [0.3, 0.4) is 0 Å². The van der Waals surface area contributed by atoms with Gasteiger partial charge in [-0.15, -0.1) is 11.3 Å². The first-order valence-corrected chi connectivity index (χ1v) is 7.62. The van der Waals surface area contributed by atoms with Gasteiger partial charge in [0.2, 0.25) is 0 Å². The molecule has 0 spiro atoms. The van der Waals surface area contributed by atoms with E-state index in [-0.39, 0.29) is 0 Å². The van der Waals surface area contributed by atoms with E-state index in [2.05, 4.69) is 45.9 Å². The average Bonchev–Trinajstić information content (AvgIpc) is 2.88. The molecule has 0 fully saturated rings. The van der Waals surface area contributed by atoms with Gasteiger partial charge < -0.3 is 10.6 Å². The van der Waals surface area contributed by atoms with Crippen LogP contribution in [0.25, 0.3) is 0 Å². The van der Waals surface area contributed by atoms with Crippen molar-refractivity contribution in [3.63, 3.8) is 0 Å². The monoisotopic (exact) mass is 288 g/mol. The summed E-state index contributed by atoms with van der Waals surface area (Å²) in [5.74, 6) is 0.825. The summed E-state index contributed by atoms with van der Waals surface area (Å²) in [4.78, 5) is 10.2. The topological polar surface area (TPSA) is 49.3 Å².